The van der Waals surface area contributed by atoms with Crippen LogP contribution in [0.3, 0.4) is 0 Å². The maximum Gasteiger partial charge on any atom is 0.178 e. The van der Waals surface area contributed by atoms with E-state index in [1.165, 1.54) is 24.1 Å². The number of pyridine rings is 1. The summed E-state index contributed by atoms with van der Waals surface area (Å²) in [7, 11) is 0. The molecule has 2 aromatic heterocycles. The fraction of sp³-hybridized carbons (Fsp3) is 0.471. The van der Waals surface area contributed by atoms with E-state index in [9.17, 15) is 0 Å². The molecule has 0 aliphatic heterocycles. The van der Waals surface area contributed by atoms with Crippen molar-refractivity contribution in [2.45, 2.75) is 32.6 Å². The molecule has 4 nitrogen and oxygen atoms in total. The summed E-state index contributed by atoms with van der Waals surface area (Å²) in [6.07, 6.45) is 8.33. The SMILES string of the molecule is CCCNCC1CCc2nc(-c3ccccn3)ncc2C1. The van der Waals surface area contributed by atoms with Gasteiger partial charge in [-0.2, -0.15) is 0 Å². The molecule has 0 fully saturated rings. The Morgan fingerprint density at radius 2 is 2.24 bits per heavy atom. The highest BCUT2D eigenvalue weighted by atomic mass is 14.9. The predicted molar refractivity (Wildman–Crippen MR) is 83.9 cm³/mol. The average molecular weight is 282 g/mol. The number of rotatable bonds is 5. The molecule has 21 heavy (non-hydrogen) atoms. The van der Waals surface area contributed by atoms with Gasteiger partial charge in [0.15, 0.2) is 5.82 Å². The predicted octanol–water partition coefficient (Wildman–Crippen LogP) is 2.64. The van der Waals surface area contributed by atoms with Gasteiger partial charge in [-0.05, 0) is 62.4 Å². The first-order valence-electron chi connectivity index (χ1n) is 7.83. The van der Waals surface area contributed by atoms with Crippen LogP contribution in [0.4, 0.5) is 0 Å². The van der Waals surface area contributed by atoms with Crippen molar-refractivity contribution in [3.8, 4) is 11.5 Å². The molecule has 0 radical (unpaired) electrons. The van der Waals surface area contributed by atoms with Crippen molar-refractivity contribution in [2.24, 2.45) is 5.92 Å². The molecule has 0 spiro atoms. The van der Waals surface area contributed by atoms with E-state index in [1.54, 1.807) is 6.20 Å². The molecule has 110 valence electrons. The molecule has 1 aliphatic rings. The van der Waals surface area contributed by atoms with E-state index in [-0.39, 0.29) is 0 Å². The highest BCUT2D eigenvalue weighted by Crippen LogP contribution is 2.25. The lowest BCUT2D eigenvalue weighted by molar-refractivity contribution is 0.420. The molecule has 0 saturated carbocycles. The maximum absolute atomic E-state index is 4.72. The van der Waals surface area contributed by atoms with E-state index in [0.717, 1.165) is 37.4 Å². The molecule has 1 aliphatic carbocycles. The first kappa shape index (κ1) is 14.1. The minimum absolute atomic E-state index is 0.716. The van der Waals surface area contributed by atoms with E-state index in [1.807, 2.05) is 24.4 Å². The minimum Gasteiger partial charge on any atom is -0.316 e. The van der Waals surface area contributed by atoms with Crippen LogP contribution in [0.5, 0.6) is 0 Å². The molecule has 2 aromatic rings. The van der Waals surface area contributed by atoms with E-state index < -0.39 is 0 Å². The van der Waals surface area contributed by atoms with E-state index in [2.05, 4.69) is 22.2 Å². The molecule has 0 bridgehead atoms. The largest absolute Gasteiger partial charge is 0.316 e. The zero-order chi connectivity index (χ0) is 14.5. The molecule has 2 heterocycles. The average Bonchev–Trinajstić information content (AvgIpc) is 2.55. The Morgan fingerprint density at radius 3 is 3.05 bits per heavy atom. The van der Waals surface area contributed by atoms with Gasteiger partial charge in [-0.3, -0.25) is 4.98 Å². The Bertz CT molecular complexity index is 583. The molecule has 1 unspecified atom stereocenters. The molecule has 0 saturated heterocycles. The summed E-state index contributed by atoms with van der Waals surface area (Å²) in [4.78, 5) is 13.5. The summed E-state index contributed by atoms with van der Waals surface area (Å²) in [5.41, 5.74) is 3.37. The molecule has 4 heteroatoms. The van der Waals surface area contributed by atoms with Crippen molar-refractivity contribution in [1.29, 1.82) is 0 Å². The lowest BCUT2D eigenvalue weighted by atomic mass is 9.87. The highest BCUT2D eigenvalue weighted by Gasteiger charge is 2.20. The number of nitrogens with one attached hydrogen (secondary N) is 1. The summed E-state index contributed by atoms with van der Waals surface area (Å²) >= 11 is 0. The lowest BCUT2D eigenvalue weighted by Crippen LogP contribution is -2.28. The van der Waals surface area contributed by atoms with Gasteiger partial charge in [0.1, 0.15) is 5.69 Å². The third-order valence-electron chi connectivity index (χ3n) is 4.01. The second-order valence-corrected chi connectivity index (χ2v) is 5.69. The summed E-state index contributed by atoms with van der Waals surface area (Å²) in [5.74, 6) is 1.46. The van der Waals surface area contributed by atoms with E-state index in [4.69, 9.17) is 4.98 Å². The minimum atomic E-state index is 0.716. The van der Waals surface area contributed by atoms with Crippen LogP contribution in [-0.4, -0.2) is 28.0 Å². The van der Waals surface area contributed by atoms with Crippen LogP contribution >= 0.6 is 0 Å². The van der Waals surface area contributed by atoms with Gasteiger partial charge in [0.2, 0.25) is 0 Å². The van der Waals surface area contributed by atoms with Crippen LogP contribution in [0.2, 0.25) is 0 Å². The quantitative estimate of drug-likeness (QED) is 0.857. The first-order chi connectivity index (χ1) is 10.4. The second kappa shape index (κ2) is 6.76. The summed E-state index contributed by atoms with van der Waals surface area (Å²) in [6, 6.07) is 5.85. The number of fused-ring (bicyclic) bond motifs is 1. The van der Waals surface area contributed by atoms with Gasteiger partial charge < -0.3 is 5.32 Å². The van der Waals surface area contributed by atoms with E-state index >= 15 is 0 Å². The van der Waals surface area contributed by atoms with Gasteiger partial charge in [-0.15, -0.1) is 0 Å². The molecule has 1 atom stereocenters. The summed E-state index contributed by atoms with van der Waals surface area (Å²) < 4.78 is 0. The van der Waals surface area contributed by atoms with Gasteiger partial charge in [0.25, 0.3) is 0 Å². The fourth-order valence-corrected chi connectivity index (χ4v) is 2.86. The standard InChI is InChI=1S/C17H22N4/c1-2-8-18-11-13-6-7-15-14(10-13)12-20-17(21-15)16-5-3-4-9-19-16/h3-5,9,12-13,18H,2,6-8,10-11H2,1H3. The topological polar surface area (TPSA) is 50.7 Å². The van der Waals surface area contributed by atoms with Crippen molar-refractivity contribution < 1.29 is 0 Å². The van der Waals surface area contributed by atoms with Crippen LogP contribution in [0.1, 0.15) is 31.0 Å². The zero-order valence-corrected chi connectivity index (χ0v) is 12.5. The van der Waals surface area contributed by atoms with Gasteiger partial charge in [-0.1, -0.05) is 13.0 Å². The van der Waals surface area contributed by atoms with Crippen molar-refractivity contribution in [2.75, 3.05) is 13.1 Å². The summed E-state index contributed by atoms with van der Waals surface area (Å²) in [6.45, 7) is 4.42. The van der Waals surface area contributed by atoms with Crippen molar-refractivity contribution in [3.05, 3.63) is 41.9 Å². The zero-order valence-electron chi connectivity index (χ0n) is 12.5. The second-order valence-electron chi connectivity index (χ2n) is 5.69. The van der Waals surface area contributed by atoms with Crippen molar-refractivity contribution >= 4 is 0 Å². The molecule has 3 rings (SSSR count). The van der Waals surface area contributed by atoms with Gasteiger partial charge >= 0.3 is 0 Å². The third-order valence-corrected chi connectivity index (χ3v) is 4.01. The Morgan fingerprint density at radius 1 is 1.29 bits per heavy atom. The fourth-order valence-electron chi connectivity index (χ4n) is 2.86. The number of aryl methyl sites for hydroxylation is 1. The van der Waals surface area contributed by atoms with E-state index in [0.29, 0.717) is 5.92 Å². The molecular weight excluding hydrogens is 260 g/mol. The lowest BCUT2D eigenvalue weighted by Gasteiger charge is -2.24. The van der Waals surface area contributed by atoms with Crippen LogP contribution < -0.4 is 5.32 Å². The van der Waals surface area contributed by atoms with Gasteiger partial charge in [-0.25, -0.2) is 9.97 Å². The van der Waals surface area contributed by atoms with Crippen LogP contribution in [0.15, 0.2) is 30.6 Å². The Balaban J connectivity index is 1.71. The monoisotopic (exact) mass is 282 g/mol. The van der Waals surface area contributed by atoms with Crippen LogP contribution in [0, 0.1) is 5.92 Å². The first-order valence-corrected chi connectivity index (χ1v) is 7.83. The third kappa shape index (κ3) is 3.45. The van der Waals surface area contributed by atoms with Crippen molar-refractivity contribution in [3.63, 3.8) is 0 Å². The Labute approximate surface area is 126 Å². The molecule has 0 amide bonds. The molecule has 1 N–H and O–H groups in total. The molecular formula is C17H22N4. The smallest absolute Gasteiger partial charge is 0.178 e. The normalized spacial score (nSPS) is 17.5. The van der Waals surface area contributed by atoms with Crippen molar-refractivity contribution in [1.82, 2.24) is 20.3 Å². The molecule has 0 aromatic carbocycles. The number of nitrogens with zero attached hydrogens (tertiary/aromatic N) is 3. The van der Waals surface area contributed by atoms with Crippen LogP contribution in [0.25, 0.3) is 11.5 Å². The number of hydrogen-bond donors (Lipinski definition) is 1. The van der Waals surface area contributed by atoms with Gasteiger partial charge in [0.05, 0.1) is 0 Å². The van der Waals surface area contributed by atoms with Crippen LogP contribution in [-0.2, 0) is 12.8 Å². The Kier molecular flexibility index (Phi) is 4.55. The van der Waals surface area contributed by atoms with Gasteiger partial charge in [0, 0.05) is 18.1 Å². The Hall–Kier alpha value is -1.81. The maximum atomic E-state index is 4.72. The summed E-state index contributed by atoms with van der Waals surface area (Å²) in [5, 5.41) is 3.52. The highest BCUT2D eigenvalue weighted by molar-refractivity contribution is 5.49. The number of aromatic nitrogens is 3. The number of hydrogen-bond acceptors (Lipinski definition) is 4.